The van der Waals surface area contributed by atoms with Crippen LogP contribution >= 0.6 is 12.4 Å². The lowest BCUT2D eigenvalue weighted by Gasteiger charge is -2.29. The molecule has 84 valence electrons. The Morgan fingerprint density at radius 3 is 2.53 bits per heavy atom. The highest BCUT2D eigenvalue weighted by Crippen LogP contribution is 2.31. The van der Waals surface area contributed by atoms with E-state index in [1.165, 1.54) is 12.0 Å². The molecule has 2 nitrogen and oxygen atoms in total. The fourth-order valence-electron chi connectivity index (χ4n) is 1.68. The minimum atomic E-state index is 0. The van der Waals surface area contributed by atoms with Crippen LogP contribution in [0.5, 0.6) is 5.75 Å². The summed E-state index contributed by atoms with van der Waals surface area (Å²) in [5, 5.41) is 3.40. The third-order valence-electron chi connectivity index (χ3n) is 2.48. The predicted octanol–water partition coefficient (Wildman–Crippen LogP) is 2.93. The summed E-state index contributed by atoms with van der Waals surface area (Å²) in [5.74, 6) is 1.03. The first-order valence-corrected chi connectivity index (χ1v) is 5.26. The van der Waals surface area contributed by atoms with Gasteiger partial charge in [-0.1, -0.05) is 18.2 Å². The zero-order valence-corrected chi connectivity index (χ0v) is 10.0. The summed E-state index contributed by atoms with van der Waals surface area (Å²) in [5.41, 5.74) is 1.30. The van der Waals surface area contributed by atoms with E-state index >= 15 is 0 Å². The van der Waals surface area contributed by atoms with E-state index in [-0.39, 0.29) is 18.5 Å². The van der Waals surface area contributed by atoms with Gasteiger partial charge in [0.25, 0.3) is 0 Å². The molecule has 1 aliphatic heterocycles. The average Bonchev–Trinajstić information content (AvgIpc) is 2.04. The number of hydrogen-bond acceptors (Lipinski definition) is 2. The highest BCUT2D eigenvalue weighted by Gasteiger charge is 2.21. The highest BCUT2D eigenvalue weighted by atomic mass is 35.5. The van der Waals surface area contributed by atoms with Gasteiger partial charge in [0.05, 0.1) is 6.10 Å². The number of halogens is 1. The lowest BCUT2D eigenvalue weighted by atomic mass is 9.97. The molecule has 0 amide bonds. The predicted molar refractivity (Wildman–Crippen MR) is 64.8 cm³/mol. The van der Waals surface area contributed by atoms with Gasteiger partial charge in [-0.15, -0.1) is 12.4 Å². The monoisotopic (exact) mass is 227 g/mol. The molecule has 0 spiro atoms. The molecule has 0 unspecified atom stereocenters. The van der Waals surface area contributed by atoms with E-state index < -0.39 is 0 Å². The number of nitrogens with one attached hydrogen (secondary N) is 1. The Labute approximate surface area is 97.4 Å². The van der Waals surface area contributed by atoms with E-state index in [1.807, 2.05) is 6.07 Å². The summed E-state index contributed by atoms with van der Waals surface area (Å²) < 4.78 is 5.76. The smallest absolute Gasteiger partial charge is 0.124 e. The van der Waals surface area contributed by atoms with Crippen LogP contribution in [-0.4, -0.2) is 12.6 Å². The maximum absolute atomic E-state index is 5.76. The first kappa shape index (κ1) is 12.3. The van der Waals surface area contributed by atoms with Crippen LogP contribution in [0.15, 0.2) is 24.3 Å². The Kier molecular flexibility index (Phi) is 4.43. The lowest BCUT2D eigenvalue weighted by molar-refractivity contribution is 0.233. The van der Waals surface area contributed by atoms with Crippen molar-refractivity contribution in [1.29, 1.82) is 0 Å². The fraction of sp³-hybridized carbons (Fsp3) is 0.500. The van der Waals surface area contributed by atoms with Gasteiger partial charge in [0.2, 0.25) is 0 Å². The molecule has 15 heavy (non-hydrogen) atoms. The molecule has 2 rings (SSSR count). The lowest BCUT2D eigenvalue weighted by Crippen LogP contribution is -2.35. The number of benzene rings is 1. The van der Waals surface area contributed by atoms with E-state index in [0.717, 1.165) is 12.3 Å². The van der Waals surface area contributed by atoms with Crippen LogP contribution in [-0.2, 0) is 0 Å². The van der Waals surface area contributed by atoms with Gasteiger partial charge < -0.3 is 10.1 Å². The molecule has 1 saturated heterocycles. The Morgan fingerprint density at radius 1 is 1.33 bits per heavy atom. The summed E-state index contributed by atoms with van der Waals surface area (Å²) in [6, 6.07) is 8.80. The molecule has 0 radical (unpaired) electrons. The number of hydrogen-bond donors (Lipinski definition) is 1. The van der Waals surface area contributed by atoms with Gasteiger partial charge in [-0.25, -0.2) is 0 Å². The molecule has 1 atom stereocenters. The SMILES string of the molecule is CC(C)Oc1ccccc1[C@@H]1CCN1.Cl. The van der Waals surface area contributed by atoms with Gasteiger partial charge >= 0.3 is 0 Å². The molecule has 1 N–H and O–H groups in total. The summed E-state index contributed by atoms with van der Waals surface area (Å²) in [6.45, 7) is 5.25. The van der Waals surface area contributed by atoms with Crippen molar-refractivity contribution in [3.8, 4) is 5.75 Å². The minimum absolute atomic E-state index is 0. The molecule has 1 fully saturated rings. The van der Waals surface area contributed by atoms with Crippen LogP contribution in [0.4, 0.5) is 0 Å². The van der Waals surface area contributed by atoms with Crippen molar-refractivity contribution in [2.24, 2.45) is 0 Å². The first-order valence-electron chi connectivity index (χ1n) is 5.26. The van der Waals surface area contributed by atoms with Gasteiger partial charge in [-0.2, -0.15) is 0 Å². The molecule has 0 aromatic heterocycles. The second kappa shape index (κ2) is 5.38. The molecule has 0 bridgehead atoms. The van der Waals surface area contributed by atoms with Gasteiger partial charge in [0.15, 0.2) is 0 Å². The van der Waals surface area contributed by atoms with E-state index in [2.05, 4.69) is 37.4 Å². The summed E-state index contributed by atoms with van der Waals surface area (Å²) in [4.78, 5) is 0. The quantitative estimate of drug-likeness (QED) is 0.858. The summed E-state index contributed by atoms with van der Waals surface area (Å²) >= 11 is 0. The average molecular weight is 228 g/mol. The van der Waals surface area contributed by atoms with Gasteiger partial charge in [-0.05, 0) is 32.9 Å². The van der Waals surface area contributed by atoms with Crippen molar-refractivity contribution in [1.82, 2.24) is 5.32 Å². The normalized spacial score (nSPS) is 19.3. The summed E-state index contributed by atoms with van der Waals surface area (Å²) in [7, 11) is 0. The molecular formula is C12H18ClNO. The van der Waals surface area contributed by atoms with Crippen LogP contribution in [0.2, 0.25) is 0 Å². The van der Waals surface area contributed by atoms with Crippen molar-refractivity contribution in [3.63, 3.8) is 0 Å². The van der Waals surface area contributed by atoms with E-state index in [1.54, 1.807) is 0 Å². The van der Waals surface area contributed by atoms with Gasteiger partial charge in [0, 0.05) is 11.6 Å². The molecule has 1 aromatic carbocycles. The topological polar surface area (TPSA) is 21.3 Å². The molecule has 0 saturated carbocycles. The van der Waals surface area contributed by atoms with Crippen molar-refractivity contribution in [3.05, 3.63) is 29.8 Å². The molecule has 3 heteroatoms. The van der Waals surface area contributed by atoms with Crippen LogP contribution in [0.3, 0.4) is 0 Å². The van der Waals surface area contributed by atoms with E-state index in [9.17, 15) is 0 Å². The highest BCUT2D eigenvalue weighted by molar-refractivity contribution is 5.85. The van der Waals surface area contributed by atoms with E-state index in [4.69, 9.17) is 4.74 Å². The van der Waals surface area contributed by atoms with Gasteiger partial charge in [-0.3, -0.25) is 0 Å². The third kappa shape index (κ3) is 2.86. The van der Waals surface area contributed by atoms with E-state index in [0.29, 0.717) is 6.04 Å². The zero-order chi connectivity index (χ0) is 9.97. The standard InChI is InChI=1S/C12H17NO.ClH/c1-9(2)14-12-6-4-3-5-10(12)11-7-8-13-11;/h3-6,9,11,13H,7-8H2,1-2H3;1H/t11-;/m0./s1. The largest absolute Gasteiger partial charge is 0.491 e. The van der Waals surface area contributed by atoms with Crippen molar-refractivity contribution >= 4 is 12.4 Å². The maximum atomic E-state index is 5.76. The van der Waals surface area contributed by atoms with Gasteiger partial charge in [0.1, 0.15) is 5.75 Å². The number of ether oxygens (including phenoxy) is 1. The Bertz CT molecular complexity index is 310. The summed E-state index contributed by atoms with van der Waals surface area (Å²) in [6.07, 6.45) is 1.47. The third-order valence-corrected chi connectivity index (χ3v) is 2.48. The number of rotatable bonds is 3. The Morgan fingerprint density at radius 2 is 2.00 bits per heavy atom. The Hall–Kier alpha value is -0.730. The zero-order valence-electron chi connectivity index (χ0n) is 9.19. The van der Waals surface area contributed by atoms with Crippen molar-refractivity contribution in [2.75, 3.05) is 6.54 Å². The fourth-order valence-corrected chi connectivity index (χ4v) is 1.68. The second-order valence-electron chi connectivity index (χ2n) is 4.00. The molecular weight excluding hydrogens is 210 g/mol. The van der Waals surface area contributed by atoms with Crippen molar-refractivity contribution in [2.45, 2.75) is 32.4 Å². The molecule has 1 heterocycles. The number of para-hydroxylation sites is 1. The van der Waals surface area contributed by atoms with Crippen LogP contribution in [0, 0.1) is 0 Å². The molecule has 0 aliphatic carbocycles. The maximum Gasteiger partial charge on any atom is 0.124 e. The molecule has 1 aliphatic rings. The van der Waals surface area contributed by atoms with Crippen LogP contribution in [0.1, 0.15) is 31.9 Å². The minimum Gasteiger partial charge on any atom is -0.491 e. The van der Waals surface area contributed by atoms with Crippen LogP contribution in [0.25, 0.3) is 0 Å². The Balaban J connectivity index is 0.00000112. The first-order chi connectivity index (χ1) is 6.77. The molecule has 1 aromatic rings. The van der Waals surface area contributed by atoms with Crippen LogP contribution < -0.4 is 10.1 Å². The van der Waals surface area contributed by atoms with Crippen molar-refractivity contribution < 1.29 is 4.74 Å². The second-order valence-corrected chi connectivity index (χ2v) is 4.00.